The van der Waals surface area contributed by atoms with Gasteiger partial charge in [0.25, 0.3) is 0 Å². The summed E-state index contributed by atoms with van der Waals surface area (Å²) in [6.07, 6.45) is 6.13. The average Bonchev–Trinajstić information content (AvgIpc) is 2.30. The summed E-state index contributed by atoms with van der Waals surface area (Å²) in [5.74, 6) is -0.123. The molecule has 0 saturated heterocycles. The van der Waals surface area contributed by atoms with E-state index in [0.717, 1.165) is 24.8 Å². The molecule has 0 fully saturated rings. The minimum absolute atomic E-state index is 0.0332. The van der Waals surface area contributed by atoms with Crippen molar-refractivity contribution < 1.29 is 9.53 Å². The summed E-state index contributed by atoms with van der Waals surface area (Å²) in [4.78, 5) is 15.7. The number of ether oxygens (including phenoxy) is 1. The molecular weight excluding hydrogens is 202 g/mol. The van der Waals surface area contributed by atoms with Gasteiger partial charge in [-0.05, 0) is 31.4 Å². The van der Waals surface area contributed by atoms with Crippen LogP contribution in [0.1, 0.15) is 32.3 Å². The number of hydrogen-bond acceptors (Lipinski definition) is 3. The monoisotopic (exact) mass is 221 g/mol. The molecule has 1 atom stereocenters. The van der Waals surface area contributed by atoms with Gasteiger partial charge in [0.2, 0.25) is 0 Å². The van der Waals surface area contributed by atoms with Crippen LogP contribution in [0.3, 0.4) is 0 Å². The van der Waals surface area contributed by atoms with Gasteiger partial charge in [-0.15, -0.1) is 0 Å². The molecule has 1 rings (SSSR count). The normalized spacial score (nSPS) is 12.1. The number of nitrogens with zero attached hydrogens (tertiary/aromatic N) is 1. The van der Waals surface area contributed by atoms with Crippen molar-refractivity contribution >= 4 is 5.97 Å². The van der Waals surface area contributed by atoms with Gasteiger partial charge in [-0.2, -0.15) is 0 Å². The van der Waals surface area contributed by atoms with E-state index in [-0.39, 0.29) is 11.9 Å². The van der Waals surface area contributed by atoms with Crippen LogP contribution in [0.5, 0.6) is 0 Å². The van der Waals surface area contributed by atoms with Crippen molar-refractivity contribution in [1.29, 1.82) is 0 Å². The summed E-state index contributed by atoms with van der Waals surface area (Å²) in [6, 6.07) is 3.89. The number of rotatable bonds is 6. The Morgan fingerprint density at radius 2 is 2.31 bits per heavy atom. The molecule has 0 aliphatic carbocycles. The van der Waals surface area contributed by atoms with Gasteiger partial charge in [0.15, 0.2) is 0 Å². The Hall–Kier alpha value is -1.38. The first kappa shape index (κ1) is 12.7. The minimum atomic E-state index is -0.0896. The third-order valence-corrected chi connectivity index (χ3v) is 2.46. The van der Waals surface area contributed by atoms with Gasteiger partial charge < -0.3 is 4.74 Å². The molecule has 0 aromatic carbocycles. The fraction of sp³-hybridized carbons (Fsp3) is 0.538. The van der Waals surface area contributed by atoms with Crippen LogP contribution in [0, 0.1) is 5.92 Å². The minimum Gasteiger partial charge on any atom is -0.466 e. The van der Waals surface area contributed by atoms with Crippen molar-refractivity contribution in [3.05, 3.63) is 30.1 Å². The van der Waals surface area contributed by atoms with Crippen LogP contribution in [0.2, 0.25) is 0 Å². The number of hydrogen-bond donors (Lipinski definition) is 0. The molecule has 0 amide bonds. The predicted molar refractivity (Wildman–Crippen MR) is 63.0 cm³/mol. The van der Waals surface area contributed by atoms with Gasteiger partial charge in [0.05, 0.1) is 12.5 Å². The van der Waals surface area contributed by atoms with Crippen molar-refractivity contribution in [2.75, 3.05) is 6.61 Å². The van der Waals surface area contributed by atoms with E-state index in [4.69, 9.17) is 4.74 Å². The maximum absolute atomic E-state index is 11.7. The summed E-state index contributed by atoms with van der Waals surface area (Å²) in [7, 11) is 0. The summed E-state index contributed by atoms with van der Waals surface area (Å²) >= 11 is 0. The molecule has 3 heteroatoms. The molecule has 0 spiro atoms. The fourth-order valence-electron chi connectivity index (χ4n) is 1.72. The lowest BCUT2D eigenvalue weighted by atomic mass is 9.96. The molecule has 3 nitrogen and oxygen atoms in total. The summed E-state index contributed by atoms with van der Waals surface area (Å²) in [5.41, 5.74) is 1.09. The van der Waals surface area contributed by atoms with Gasteiger partial charge in [-0.1, -0.05) is 19.4 Å². The molecule has 0 N–H and O–H groups in total. The highest BCUT2D eigenvalue weighted by atomic mass is 16.5. The largest absolute Gasteiger partial charge is 0.466 e. The number of carbonyl (C=O) groups is 1. The van der Waals surface area contributed by atoms with Crippen LogP contribution in [0.4, 0.5) is 0 Å². The average molecular weight is 221 g/mol. The molecule has 88 valence electrons. The van der Waals surface area contributed by atoms with Crippen molar-refractivity contribution in [3.63, 3.8) is 0 Å². The first-order valence-electron chi connectivity index (χ1n) is 5.83. The topological polar surface area (TPSA) is 39.2 Å². The number of carbonyl (C=O) groups excluding carboxylic acids is 1. The molecule has 0 saturated carbocycles. The summed E-state index contributed by atoms with van der Waals surface area (Å²) in [6.45, 7) is 4.37. The van der Waals surface area contributed by atoms with E-state index in [1.165, 1.54) is 0 Å². The van der Waals surface area contributed by atoms with Crippen LogP contribution in [0.25, 0.3) is 0 Å². The van der Waals surface area contributed by atoms with Crippen LogP contribution < -0.4 is 0 Å². The van der Waals surface area contributed by atoms with Gasteiger partial charge in [-0.3, -0.25) is 9.78 Å². The van der Waals surface area contributed by atoms with E-state index in [0.29, 0.717) is 6.61 Å². The van der Waals surface area contributed by atoms with Gasteiger partial charge in [0.1, 0.15) is 0 Å². The van der Waals surface area contributed by atoms with Gasteiger partial charge in [-0.25, -0.2) is 0 Å². The SMILES string of the molecule is CCCC(Cc1cccnc1)C(=O)OCC. The van der Waals surface area contributed by atoms with Crippen LogP contribution in [0.15, 0.2) is 24.5 Å². The first-order valence-corrected chi connectivity index (χ1v) is 5.83. The molecule has 1 aromatic rings. The Morgan fingerprint density at radius 3 is 2.88 bits per heavy atom. The van der Waals surface area contributed by atoms with Crippen LogP contribution in [-0.2, 0) is 16.0 Å². The highest BCUT2D eigenvalue weighted by Crippen LogP contribution is 2.15. The van der Waals surface area contributed by atoms with E-state index >= 15 is 0 Å². The molecule has 16 heavy (non-hydrogen) atoms. The summed E-state index contributed by atoms with van der Waals surface area (Å²) in [5, 5.41) is 0. The van der Waals surface area contributed by atoms with E-state index in [1.54, 1.807) is 6.20 Å². The maximum Gasteiger partial charge on any atom is 0.309 e. The van der Waals surface area contributed by atoms with E-state index in [2.05, 4.69) is 11.9 Å². The lowest BCUT2D eigenvalue weighted by Crippen LogP contribution is -2.20. The van der Waals surface area contributed by atoms with Crippen LogP contribution >= 0.6 is 0 Å². The fourth-order valence-corrected chi connectivity index (χ4v) is 1.72. The number of esters is 1. The van der Waals surface area contributed by atoms with E-state index in [1.807, 2.05) is 25.3 Å². The Morgan fingerprint density at radius 1 is 1.50 bits per heavy atom. The number of aromatic nitrogens is 1. The second-order valence-corrected chi connectivity index (χ2v) is 3.80. The second-order valence-electron chi connectivity index (χ2n) is 3.80. The third-order valence-electron chi connectivity index (χ3n) is 2.46. The number of pyridine rings is 1. The van der Waals surface area contributed by atoms with Crippen molar-refractivity contribution in [2.45, 2.75) is 33.1 Å². The predicted octanol–water partition coefficient (Wildman–Crippen LogP) is 2.60. The Kier molecular flexibility index (Phi) is 5.54. The lowest BCUT2D eigenvalue weighted by Gasteiger charge is -2.14. The molecule has 0 aliphatic heterocycles. The Labute approximate surface area is 96.8 Å². The van der Waals surface area contributed by atoms with Gasteiger partial charge >= 0.3 is 5.97 Å². The molecule has 1 aromatic heterocycles. The summed E-state index contributed by atoms with van der Waals surface area (Å²) < 4.78 is 5.07. The molecule has 0 aliphatic rings. The zero-order valence-corrected chi connectivity index (χ0v) is 9.98. The van der Waals surface area contributed by atoms with Crippen molar-refractivity contribution in [3.8, 4) is 0 Å². The molecule has 1 unspecified atom stereocenters. The zero-order chi connectivity index (χ0) is 11.8. The second kappa shape index (κ2) is 6.99. The standard InChI is InChI=1S/C13H19NO2/c1-3-6-12(13(15)16-4-2)9-11-7-5-8-14-10-11/h5,7-8,10,12H,3-4,6,9H2,1-2H3. The highest BCUT2D eigenvalue weighted by molar-refractivity contribution is 5.72. The molecular formula is C13H19NO2. The first-order chi connectivity index (χ1) is 7.77. The van der Waals surface area contributed by atoms with E-state index < -0.39 is 0 Å². The lowest BCUT2D eigenvalue weighted by molar-refractivity contribution is -0.148. The molecule has 1 heterocycles. The van der Waals surface area contributed by atoms with E-state index in [9.17, 15) is 4.79 Å². The Bertz CT molecular complexity index is 311. The third kappa shape index (κ3) is 4.01. The van der Waals surface area contributed by atoms with Gasteiger partial charge in [0, 0.05) is 12.4 Å². The quantitative estimate of drug-likeness (QED) is 0.693. The highest BCUT2D eigenvalue weighted by Gasteiger charge is 2.19. The molecule has 0 bridgehead atoms. The van der Waals surface area contributed by atoms with Crippen LogP contribution in [-0.4, -0.2) is 17.6 Å². The maximum atomic E-state index is 11.7. The van der Waals surface area contributed by atoms with Crippen molar-refractivity contribution in [2.24, 2.45) is 5.92 Å². The Balaban J connectivity index is 2.60. The van der Waals surface area contributed by atoms with Crippen molar-refractivity contribution in [1.82, 2.24) is 4.98 Å². The molecule has 0 radical (unpaired) electrons. The zero-order valence-electron chi connectivity index (χ0n) is 9.98. The smallest absolute Gasteiger partial charge is 0.309 e.